The lowest BCUT2D eigenvalue weighted by molar-refractivity contribution is 0.315. The van der Waals surface area contributed by atoms with Crippen LogP contribution in [0.1, 0.15) is 13.3 Å². The molecule has 0 fully saturated rings. The van der Waals surface area contributed by atoms with Crippen molar-refractivity contribution >= 4 is 31.6 Å². The second-order valence-electron chi connectivity index (χ2n) is 3.30. The summed E-state index contributed by atoms with van der Waals surface area (Å²) in [6.07, 6.45) is 3.41. The van der Waals surface area contributed by atoms with E-state index in [1.54, 1.807) is 24.3 Å². The van der Waals surface area contributed by atoms with Gasteiger partial charge in [-0.2, -0.15) is 0 Å². The van der Waals surface area contributed by atoms with Crippen molar-refractivity contribution < 1.29 is 9.05 Å². The third-order valence-electron chi connectivity index (χ3n) is 1.81. The van der Waals surface area contributed by atoms with Crippen LogP contribution in [0.5, 0.6) is 5.75 Å². The number of hydrogen-bond acceptors (Lipinski definition) is 2. The Labute approximate surface area is 113 Å². The van der Waals surface area contributed by atoms with E-state index >= 15 is 0 Å². The monoisotopic (exact) mass is 292 g/mol. The highest BCUT2D eigenvalue weighted by molar-refractivity contribution is 7.47. The van der Waals surface area contributed by atoms with Crippen LogP contribution in [-0.4, -0.2) is 12.8 Å². The first kappa shape index (κ1) is 14.8. The molecule has 1 aromatic carbocycles. The highest BCUT2D eigenvalue weighted by Crippen LogP contribution is 2.42. The number of rotatable bonds is 7. The van der Waals surface area contributed by atoms with E-state index in [4.69, 9.17) is 32.2 Å². The maximum Gasteiger partial charge on any atom is 0.234 e. The van der Waals surface area contributed by atoms with Gasteiger partial charge < -0.3 is 9.05 Å². The number of halogens is 2. The standard InChI is InChI=1S/C12H15Cl2O2P/c1-3-7-15-17(8-4-2)16-12-6-5-10(13)9-11(12)14/h4-6,9H,2-3,7-8H2,1H3. The van der Waals surface area contributed by atoms with Crippen LogP contribution in [0.25, 0.3) is 0 Å². The molecule has 0 amide bonds. The zero-order valence-corrected chi connectivity index (χ0v) is 12.1. The number of allylic oxidation sites excluding steroid dienone is 1. The van der Waals surface area contributed by atoms with Crippen LogP contribution in [0.15, 0.2) is 30.9 Å². The molecule has 1 unspecified atom stereocenters. The summed E-state index contributed by atoms with van der Waals surface area (Å²) in [5, 5.41) is 1.08. The van der Waals surface area contributed by atoms with Crippen LogP contribution >= 0.6 is 31.6 Å². The van der Waals surface area contributed by atoms with Crippen LogP contribution in [0, 0.1) is 0 Å². The van der Waals surface area contributed by atoms with Crippen molar-refractivity contribution in [3.63, 3.8) is 0 Å². The Balaban J connectivity index is 2.67. The van der Waals surface area contributed by atoms with Gasteiger partial charge in [0.2, 0.25) is 8.38 Å². The molecular weight excluding hydrogens is 278 g/mol. The molecule has 94 valence electrons. The molecule has 0 bridgehead atoms. The van der Waals surface area contributed by atoms with Crippen LogP contribution < -0.4 is 4.52 Å². The van der Waals surface area contributed by atoms with E-state index < -0.39 is 8.38 Å². The summed E-state index contributed by atoms with van der Waals surface area (Å²) < 4.78 is 11.3. The first-order chi connectivity index (χ1) is 8.17. The SMILES string of the molecule is C=CCP(OCCC)Oc1ccc(Cl)cc1Cl. The van der Waals surface area contributed by atoms with Crippen molar-refractivity contribution in [2.75, 3.05) is 12.8 Å². The lowest BCUT2D eigenvalue weighted by atomic mass is 10.3. The Morgan fingerprint density at radius 3 is 2.76 bits per heavy atom. The summed E-state index contributed by atoms with van der Waals surface area (Å²) in [6, 6.07) is 5.14. The minimum Gasteiger partial charge on any atom is -0.445 e. The maximum atomic E-state index is 6.03. The Bertz CT molecular complexity index is 372. The van der Waals surface area contributed by atoms with Gasteiger partial charge in [-0.25, -0.2) is 0 Å². The van der Waals surface area contributed by atoms with Gasteiger partial charge in [0.25, 0.3) is 0 Å². The van der Waals surface area contributed by atoms with Gasteiger partial charge in [-0.1, -0.05) is 36.2 Å². The third-order valence-corrected chi connectivity index (χ3v) is 3.77. The van der Waals surface area contributed by atoms with E-state index in [-0.39, 0.29) is 0 Å². The third kappa shape index (κ3) is 5.27. The van der Waals surface area contributed by atoms with Crippen molar-refractivity contribution in [3.8, 4) is 5.75 Å². The van der Waals surface area contributed by atoms with Gasteiger partial charge in [-0.15, -0.1) is 6.58 Å². The highest BCUT2D eigenvalue weighted by Gasteiger charge is 2.12. The van der Waals surface area contributed by atoms with E-state index in [9.17, 15) is 0 Å². The Kier molecular flexibility index (Phi) is 6.91. The normalized spacial score (nSPS) is 12.2. The summed E-state index contributed by atoms with van der Waals surface area (Å²) >= 11 is 11.8. The quantitative estimate of drug-likeness (QED) is 0.502. The average Bonchev–Trinajstić information content (AvgIpc) is 2.29. The first-order valence-corrected chi connectivity index (χ1v) is 7.43. The summed E-state index contributed by atoms with van der Waals surface area (Å²) in [6.45, 7) is 6.41. The van der Waals surface area contributed by atoms with Crippen molar-refractivity contribution in [3.05, 3.63) is 40.9 Å². The van der Waals surface area contributed by atoms with Gasteiger partial charge >= 0.3 is 0 Å². The first-order valence-electron chi connectivity index (χ1n) is 5.31. The number of hydrogen-bond donors (Lipinski definition) is 0. The molecule has 0 aliphatic carbocycles. The van der Waals surface area contributed by atoms with Gasteiger partial charge in [0, 0.05) is 11.2 Å². The topological polar surface area (TPSA) is 18.5 Å². The van der Waals surface area contributed by atoms with E-state index in [1.807, 2.05) is 0 Å². The molecule has 1 atom stereocenters. The van der Waals surface area contributed by atoms with Crippen LogP contribution in [-0.2, 0) is 4.52 Å². The summed E-state index contributed by atoms with van der Waals surface area (Å²) in [5.41, 5.74) is 0. The molecule has 0 spiro atoms. The summed E-state index contributed by atoms with van der Waals surface area (Å²) in [4.78, 5) is 0. The predicted octanol–water partition coefficient (Wildman–Crippen LogP) is 5.30. The van der Waals surface area contributed by atoms with Gasteiger partial charge in [-0.05, 0) is 24.6 Å². The smallest absolute Gasteiger partial charge is 0.234 e. The van der Waals surface area contributed by atoms with Gasteiger partial charge in [0.05, 0.1) is 11.6 Å². The van der Waals surface area contributed by atoms with Crippen LogP contribution in [0.4, 0.5) is 0 Å². The molecule has 1 rings (SSSR count). The molecule has 5 heteroatoms. The van der Waals surface area contributed by atoms with Gasteiger partial charge in [-0.3, -0.25) is 0 Å². The molecule has 0 aliphatic heterocycles. The summed E-state index contributed by atoms with van der Waals surface area (Å²) in [7, 11) is -1.01. The lowest BCUT2D eigenvalue weighted by Gasteiger charge is -2.17. The molecule has 0 radical (unpaired) electrons. The number of benzene rings is 1. The Morgan fingerprint density at radius 2 is 2.18 bits per heavy atom. The predicted molar refractivity (Wildman–Crippen MR) is 75.3 cm³/mol. The maximum absolute atomic E-state index is 6.03. The molecule has 1 aromatic rings. The Morgan fingerprint density at radius 1 is 1.41 bits per heavy atom. The summed E-state index contributed by atoms with van der Waals surface area (Å²) in [5.74, 6) is 0.597. The van der Waals surface area contributed by atoms with Crippen molar-refractivity contribution in [2.24, 2.45) is 0 Å². The minimum atomic E-state index is -1.01. The molecular formula is C12H15Cl2O2P. The highest BCUT2D eigenvalue weighted by atomic mass is 35.5. The zero-order chi connectivity index (χ0) is 12.7. The zero-order valence-electron chi connectivity index (χ0n) is 9.66. The molecule has 0 N–H and O–H groups in total. The van der Waals surface area contributed by atoms with Gasteiger partial charge in [0.15, 0.2) is 0 Å². The molecule has 0 saturated carbocycles. The molecule has 0 saturated heterocycles. The van der Waals surface area contributed by atoms with Crippen molar-refractivity contribution in [1.82, 2.24) is 0 Å². The van der Waals surface area contributed by atoms with Crippen LogP contribution in [0.3, 0.4) is 0 Å². The fraction of sp³-hybridized carbons (Fsp3) is 0.333. The molecule has 0 heterocycles. The van der Waals surface area contributed by atoms with E-state index in [1.165, 1.54) is 0 Å². The molecule has 17 heavy (non-hydrogen) atoms. The Hall–Kier alpha value is -0.270. The minimum absolute atomic E-state index is 0.495. The lowest BCUT2D eigenvalue weighted by Crippen LogP contribution is -1.97. The largest absolute Gasteiger partial charge is 0.445 e. The molecule has 2 nitrogen and oxygen atoms in total. The van der Waals surface area contributed by atoms with Crippen molar-refractivity contribution in [2.45, 2.75) is 13.3 Å². The van der Waals surface area contributed by atoms with Gasteiger partial charge in [0.1, 0.15) is 5.75 Å². The fourth-order valence-corrected chi connectivity index (χ4v) is 2.78. The second-order valence-corrected chi connectivity index (χ2v) is 5.62. The van der Waals surface area contributed by atoms with Crippen LogP contribution in [0.2, 0.25) is 10.0 Å². The van der Waals surface area contributed by atoms with Crippen molar-refractivity contribution in [1.29, 1.82) is 0 Å². The van der Waals surface area contributed by atoms with E-state index in [0.29, 0.717) is 28.6 Å². The van der Waals surface area contributed by atoms with E-state index in [2.05, 4.69) is 13.5 Å². The second kappa shape index (κ2) is 7.94. The molecule has 0 aliphatic rings. The average molecular weight is 293 g/mol. The van der Waals surface area contributed by atoms with E-state index in [0.717, 1.165) is 6.42 Å². The fourth-order valence-electron chi connectivity index (χ4n) is 1.07. The molecule has 0 aromatic heterocycles.